The van der Waals surface area contributed by atoms with Crippen molar-refractivity contribution in [2.45, 2.75) is 26.3 Å². The Morgan fingerprint density at radius 1 is 1.21 bits per heavy atom. The van der Waals surface area contributed by atoms with Gasteiger partial charge in [-0.1, -0.05) is 12.1 Å². The van der Waals surface area contributed by atoms with Crippen molar-refractivity contribution in [2.75, 3.05) is 0 Å². The molecule has 3 rings (SSSR count). The van der Waals surface area contributed by atoms with Crippen molar-refractivity contribution in [1.82, 2.24) is 9.55 Å². The molecular weight excluding hydrogens is 276 g/mol. The first kappa shape index (κ1) is 12.7. The molecule has 0 N–H and O–H groups in total. The van der Waals surface area contributed by atoms with E-state index in [-0.39, 0.29) is 0 Å². The summed E-state index contributed by atoms with van der Waals surface area (Å²) < 4.78 is 2.23. The minimum atomic E-state index is 0.443. The number of alkyl halides is 1. The molecular formula is C15H15ClN2S. The maximum absolute atomic E-state index is 6.06. The Balaban J connectivity index is 2.16. The van der Waals surface area contributed by atoms with E-state index in [1.54, 1.807) is 11.3 Å². The van der Waals surface area contributed by atoms with Gasteiger partial charge in [0.05, 0.1) is 23.5 Å². The van der Waals surface area contributed by atoms with Crippen LogP contribution in [0.15, 0.2) is 29.6 Å². The Kier molecular flexibility index (Phi) is 3.33. The third-order valence-corrected chi connectivity index (χ3v) is 4.70. The van der Waals surface area contributed by atoms with Crippen LogP contribution in [0.2, 0.25) is 0 Å². The Bertz CT molecular complexity index is 727. The number of rotatable bonds is 3. The first-order valence-electron chi connectivity index (χ1n) is 6.24. The number of fused-ring (bicyclic) bond motifs is 1. The standard InChI is InChI=1S/C15H15ClN2S/c1-10-6-7-19-13(10)9-18-12-5-3-4-11(2)15(12)17-14(18)8-16/h3-7H,8-9H2,1-2H3. The van der Waals surface area contributed by atoms with Gasteiger partial charge >= 0.3 is 0 Å². The summed E-state index contributed by atoms with van der Waals surface area (Å²) in [6.07, 6.45) is 0. The highest BCUT2D eigenvalue weighted by molar-refractivity contribution is 7.10. The molecule has 0 unspecified atom stereocenters. The molecule has 0 saturated carbocycles. The molecule has 0 atom stereocenters. The van der Waals surface area contributed by atoms with E-state index in [1.807, 2.05) is 0 Å². The van der Waals surface area contributed by atoms with Gasteiger partial charge in [-0.25, -0.2) is 4.98 Å². The van der Waals surface area contributed by atoms with Crippen molar-refractivity contribution in [2.24, 2.45) is 0 Å². The van der Waals surface area contributed by atoms with Gasteiger partial charge in [0.15, 0.2) is 0 Å². The van der Waals surface area contributed by atoms with Crippen LogP contribution < -0.4 is 0 Å². The smallest absolute Gasteiger partial charge is 0.125 e. The van der Waals surface area contributed by atoms with Crippen molar-refractivity contribution >= 4 is 34.0 Å². The topological polar surface area (TPSA) is 17.8 Å². The minimum Gasteiger partial charge on any atom is -0.322 e. The summed E-state index contributed by atoms with van der Waals surface area (Å²) in [5, 5.41) is 2.13. The molecule has 3 aromatic rings. The van der Waals surface area contributed by atoms with Gasteiger partial charge in [-0.3, -0.25) is 0 Å². The summed E-state index contributed by atoms with van der Waals surface area (Å²) in [5.74, 6) is 1.39. The van der Waals surface area contributed by atoms with Crippen LogP contribution in [0, 0.1) is 13.8 Å². The Morgan fingerprint density at radius 2 is 2.05 bits per heavy atom. The molecule has 2 heterocycles. The van der Waals surface area contributed by atoms with Gasteiger partial charge in [-0.2, -0.15) is 0 Å². The molecule has 19 heavy (non-hydrogen) atoms. The number of nitrogens with zero attached hydrogens (tertiary/aromatic N) is 2. The number of imidazole rings is 1. The van der Waals surface area contributed by atoms with Crippen LogP contribution in [0.25, 0.3) is 11.0 Å². The highest BCUT2D eigenvalue weighted by atomic mass is 35.5. The molecule has 0 aliphatic rings. The molecule has 0 bridgehead atoms. The zero-order chi connectivity index (χ0) is 13.4. The van der Waals surface area contributed by atoms with Gasteiger partial charge in [0.2, 0.25) is 0 Å². The number of benzene rings is 1. The van der Waals surface area contributed by atoms with Crippen LogP contribution in [-0.2, 0) is 12.4 Å². The average Bonchev–Trinajstić information content (AvgIpc) is 2.96. The van der Waals surface area contributed by atoms with E-state index in [0.717, 1.165) is 17.9 Å². The van der Waals surface area contributed by atoms with Gasteiger partial charge in [0.25, 0.3) is 0 Å². The third-order valence-electron chi connectivity index (χ3n) is 3.45. The molecule has 0 spiro atoms. The van der Waals surface area contributed by atoms with Crippen molar-refractivity contribution in [3.63, 3.8) is 0 Å². The summed E-state index contributed by atoms with van der Waals surface area (Å²) in [6.45, 7) is 5.09. The van der Waals surface area contributed by atoms with Crippen molar-refractivity contribution in [3.8, 4) is 0 Å². The second-order valence-corrected chi connectivity index (χ2v) is 5.99. The predicted octanol–water partition coefficient (Wildman–Crippen LogP) is 4.50. The van der Waals surface area contributed by atoms with Crippen LogP contribution in [-0.4, -0.2) is 9.55 Å². The predicted molar refractivity (Wildman–Crippen MR) is 82.2 cm³/mol. The van der Waals surface area contributed by atoms with E-state index in [4.69, 9.17) is 11.6 Å². The van der Waals surface area contributed by atoms with E-state index in [1.165, 1.54) is 21.5 Å². The van der Waals surface area contributed by atoms with E-state index in [0.29, 0.717) is 5.88 Å². The lowest BCUT2D eigenvalue weighted by atomic mass is 10.2. The minimum absolute atomic E-state index is 0.443. The number of halogens is 1. The van der Waals surface area contributed by atoms with Gasteiger partial charge in [0, 0.05) is 4.88 Å². The number of para-hydroxylation sites is 1. The molecule has 0 aliphatic heterocycles. The number of hydrogen-bond donors (Lipinski definition) is 0. The van der Waals surface area contributed by atoms with Crippen molar-refractivity contribution in [1.29, 1.82) is 0 Å². The first-order chi connectivity index (χ1) is 9.20. The van der Waals surface area contributed by atoms with Gasteiger partial charge in [-0.15, -0.1) is 22.9 Å². The van der Waals surface area contributed by atoms with Crippen LogP contribution in [0.1, 0.15) is 21.8 Å². The zero-order valence-corrected chi connectivity index (χ0v) is 12.6. The van der Waals surface area contributed by atoms with E-state index >= 15 is 0 Å². The van der Waals surface area contributed by atoms with E-state index in [2.05, 4.69) is 53.0 Å². The van der Waals surface area contributed by atoms with Crippen molar-refractivity contribution < 1.29 is 0 Å². The SMILES string of the molecule is Cc1ccsc1Cn1c(CCl)nc2c(C)cccc21. The van der Waals surface area contributed by atoms with E-state index < -0.39 is 0 Å². The summed E-state index contributed by atoms with van der Waals surface area (Å²) in [7, 11) is 0. The Morgan fingerprint density at radius 3 is 2.74 bits per heavy atom. The number of aromatic nitrogens is 2. The van der Waals surface area contributed by atoms with Crippen LogP contribution in [0.3, 0.4) is 0 Å². The Hall–Kier alpha value is -1.32. The molecule has 0 amide bonds. The lowest BCUT2D eigenvalue weighted by Crippen LogP contribution is -2.03. The molecule has 2 aromatic heterocycles. The van der Waals surface area contributed by atoms with Crippen LogP contribution >= 0.6 is 22.9 Å². The van der Waals surface area contributed by atoms with Gasteiger partial charge in [0.1, 0.15) is 5.82 Å². The molecule has 2 nitrogen and oxygen atoms in total. The normalized spacial score (nSPS) is 11.3. The fraction of sp³-hybridized carbons (Fsp3) is 0.267. The molecule has 0 aliphatic carbocycles. The molecule has 98 valence electrons. The highest BCUT2D eigenvalue weighted by Gasteiger charge is 2.12. The zero-order valence-electron chi connectivity index (χ0n) is 11.0. The summed E-state index contributed by atoms with van der Waals surface area (Å²) >= 11 is 7.84. The summed E-state index contributed by atoms with van der Waals surface area (Å²) in [4.78, 5) is 6.04. The molecule has 4 heteroatoms. The monoisotopic (exact) mass is 290 g/mol. The van der Waals surface area contributed by atoms with E-state index in [9.17, 15) is 0 Å². The third kappa shape index (κ3) is 2.17. The highest BCUT2D eigenvalue weighted by Crippen LogP contribution is 2.24. The van der Waals surface area contributed by atoms with Crippen LogP contribution in [0.5, 0.6) is 0 Å². The summed E-state index contributed by atoms with van der Waals surface area (Å²) in [6, 6.07) is 8.45. The number of hydrogen-bond acceptors (Lipinski definition) is 2. The molecule has 0 fully saturated rings. The molecule has 0 radical (unpaired) electrons. The second-order valence-electron chi connectivity index (χ2n) is 4.72. The largest absolute Gasteiger partial charge is 0.322 e. The lowest BCUT2D eigenvalue weighted by molar-refractivity contribution is 0.786. The number of thiophene rings is 1. The fourth-order valence-corrected chi connectivity index (χ4v) is 3.42. The quantitative estimate of drug-likeness (QED) is 0.649. The molecule has 1 aromatic carbocycles. The van der Waals surface area contributed by atoms with Gasteiger partial charge in [-0.05, 0) is 42.5 Å². The number of aryl methyl sites for hydroxylation is 2. The van der Waals surface area contributed by atoms with Gasteiger partial charge < -0.3 is 4.57 Å². The van der Waals surface area contributed by atoms with Crippen molar-refractivity contribution in [3.05, 3.63) is 51.5 Å². The van der Waals surface area contributed by atoms with Crippen LogP contribution in [0.4, 0.5) is 0 Å². The Labute approximate surface area is 121 Å². The first-order valence-corrected chi connectivity index (χ1v) is 7.66. The second kappa shape index (κ2) is 4.99. The maximum atomic E-state index is 6.06. The molecule has 0 saturated heterocycles. The summed E-state index contributed by atoms with van der Waals surface area (Å²) in [5.41, 5.74) is 4.77. The lowest BCUT2D eigenvalue weighted by Gasteiger charge is -2.07. The average molecular weight is 291 g/mol. The fourth-order valence-electron chi connectivity index (χ4n) is 2.32. The maximum Gasteiger partial charge on any atom is 0.125 e.